The highest BCUT2D eigenvalue weighted by Gasteiger charge is 2.34. The van der Waals surface area contributed by atoms with Crippen molar-refractivity contribution in [3.8, 4) is 28.6 Å². The van der Waals surface area contributed by atoms with Crippen LogP contribution >= 0.6 is 0 Å². The second kappa shape index (κ2) is 14.8. The van der Waals surface area contributed by atoms with Crippen LogP contribution in [0.2, 0.25) is 0 Å². The minimum absolute atomic E-state index is 0.0115. The van der Waals surface area contributed by atoms with Gasteiger partial charge in [0, 0.05) is 28.9 Å². The Morgan fingerprint density at radius 2 is 1.55 bits per heavy atom. The normalized spacial score (nSPS) is 11.2. The van der Waals surface area contributed by atoms with Gasteiger partial charge in [0.25, 0.3) is 11.8 Å². The molecular formula is C36H31F3N4O6. The summed E-state index contributed by atoms with van der Waals surface area (Å²) in [4.78, 5) is 43.2. The van der Waals surface area contributed by atoms with E-state index in [1.807, 2.05) is 24.3 Å². The summed E-state index contributed by atoms with van der Waals surface area (Å²) < 4.78 is 50.9. The van der Waals surface area contributed by atoms with Crippen molar-refractivity contribution >= 4 is 23.5 Å². The summed E-state index contributed by atoms with van der Waals surface area (Å²) in [5.74, 6) is -1.73. The Hall–Kier alpha value is -5.98. The van der Waals surface area contributed by atoms with E-state index in [2.05, 4.69) is 22.4 Å². The van der Waals surface area contributed by atoms with Gasteiger partial charge in [0.2, 0.25) is 11.7 Å². The lowest BCUT2D eigenvalue weighted by Gasteiger charge is -2.21. The lowest BCUT2D eigenvalue weighted by atomic mass is 10.0. The number of rotatable bonds is 12. The number of benzene rings is 4. The van der Waals surface area contributed by atoms with Crippen molar-refractivity contribution in [2.75, 3.05) is 19.0 Å². The molecule has 0 fully saturated rings. The smallest absolute Gasteiger partial charge is 0.416 e. The minimum Gasteiger partial charge on any atom is -0.497 e. The van der Waals surface area contributed by atoms with Crippen molar-refractivity contribution in [3.63, 3.8) is 0 Å². The van der Waals surface area contributed by atoms with Crippen LogP contribution in [0.3, 0.4) is 0 Å². The van der Waals surface area contributed by atoms with E-state index in [0.29, 0.717) is 22.8 Å². The molecule has 5 rings (SSSR count). The monoisotopic (exact) mass is 672 g/mol. The van der Waals surface area contributed by atoms with Crippen molar-refractivity contribution in [2.24, 2.45) is 0 Å². The van der Waals surface area contributed by atoms with Crippen LogP contribution in [-0.4, -0.2) is 51.6 Å². The van der Waals surface area contributed by atoms with Gasteiger partial charge in [-0.25, -0.2) is 0 Å². The van der Waals surface area contributed by atoms with Crippen LogP contribution < -0.4 is 10.1 Å². The molecule has 0 aliphatic rings. The molecule has 10 nitrogen and oxygen atoms in total. The van der Waals surface area contributed by atoms with Gasteiger partial charge < -0.3 is 24.6 Å². The summed E-state index contributed by atoms with van der Waals surface area (Å²) in [7, 11) is 1.25. The van der Waals surface area contributed by atoms with E-state index < -0.39 is 42.5 Å². The quantitative estimate of drug-likeness (QED) is 0.146. The van der Waals surface area contributed by atoms with Crippen molar-refractivity contribution in [2.45, 2.75) is 32.5 Å². The average Bonchev–Trinajstić information content (AvgIpc) is 3.58. The van der Waals surface area contributed by atoms with Crippen LogP contribution in [-0.2, 0) is 35.2 Å². The van der Waals surface area contributed by atoms with Gasteiger partial charge in [-0.3, -0.25) is 14.4 Å². The molecule has 0 atom stereocenters. The lowest BCUT2D eigenvalue weighted by molar-refractivity contribution is -0.139. The van der Waals surface area contributed by atoms with Crippen molar-refractivity contribution in [3.05, 3.63) is 119 Å². The summed E-state index contributed by atoms with van der Waals surface area (Å²) in [6, 6.07) is 23.7. The number of alkyl halides is 3. The van der Waals surface area contributed by atoms with Gasteiger partial charge in [-0.05, 0) is 71.6 Å². The third-order valence-electron chi connectivity index (χ3n) is 7.62. The second-order valence-corrected chi connectivity index (χ2v) is 11.0. The zero-order valence-electron chi connectivity index (χ0n) is 26.5. The third-order valence-corrected chi connectivity index (χ3v) is 7.62. The number of aryl methyl sites for hydroxylation is 1. The van der Waals surface area contributed by atoms with Crippen molar-refractivity contribution < 1.29 is 41.9 Å². The van der Waals surface area contributed by atoms with Gasteiger partial charge in [-0.15, -0.1) is 0 Å². The first-order chi connectivity index (χ1) is 23.4. The number of methoxy groups -OCH3 is 1. The van der Waals surface area contributed by atoms with Crippen molar-refractivity contribution in [1.82, 2.24) is 15.0 Å². The summed E-state index contributed by atoms with van der Waals surface area (Å²) >= 11 is 0. The van der Waals surface area contributed by atoms with Crippen LogP contribution in [0.4, 0.5) is 18.9 Å². The molecule has 0 spiro atoms. The molecule has 0 radical (unpaired) electrons. The highest BCUT2D eigenvalue weighted by Crippen LogP contribution is 2.35. The highest BCUT2D eigenvalue weighted by atomic mass is 19.4. The Bertz CT molecular complexity index is 1940. The number of halogens is 3. The largest absolute Gasteiger partial charge is 0.497 e. The van der Waals surface area contributed by atoms with Crippen LogP contribution in [0.5, 0.6) is 5.75 Å². The van der Waals surface area contributed by atoms with E-state index in [-0.39, 0.29) is 29.1 Å². The van der Waals surface area contributed by atoms with Gasteiger partial charge in [0.1, 0.15) is 12.3 Å². The third kappa shape index (κ3) is 8.69. The molecule has 49 heavy (non-hydrogen) atoms. The van der Waals surface area contributed by atoms with E-state index in [4.69, 9.17) is 9.26 Å². The summed E-state index contributed by atoms with van der Waals surface area (Å²) in [6.45, 7) is 1.47. The maximum atomic E-state index is 13.5. The van der Waals surface area contributed by atoms with Gasteiger partial charge in [-0.1, -0.05) is 54.5 Å². The first-order valence-electron chi connectivity index (χ1n) is 15.1. The standard InChI is InChI=1S/C36H31F3N4O6/c1-3-22-4-8-24(9-5-22)33-41-34(49-42-33)25-10-6-23(7-11-25)20-43(21-32(45)46)35(47)26-12-15-28(16-13-26)40-31(44)18-27-14-17-29(48-2)19-30(27)36(37,38)39/h4-17,19H,3,18,20-21H2,1-2H3,(H,40,44)(H,45,46). The molecule has 2 amide bonds. The van der Waals surface area contributed by atoms with Gasteiger partial charge in [0.05, 0.1) is 19.1 Å². The first-order valence-corrected chi connectivity index (χ1v) is 15.1. The number of carboxylic acid groups (broad SMARTS) is 1. The Morgan fingerprint density at radius 1 is 0.898 bits per heavy atom. The molecule has 5 aromatic rings. The molecule has 13 heteroatoms. The van der Waals surface area contributed by atoms with E-state index in [1.165, 1.54) is 49.1 Å². The fraction of sp³-hybridized carbons (Fsp3) is 0.194. The van der Waals surface area contributed by atoms with Gasteiger partial charge >= 0.3 is 12.1 Å². The number of nitrogens with one attached hydrogen (secondary N) is 1. The molecule has 2 N–H and O–H groups in total. The fourth-order valence-electron chi connectivity index (χ4n) is 5.04. The fourth-order valence-corrected chi connectivity index (χ4v) is 5.04. The predicted molar refractivity (Wildman–Crippen MR) is 174 cm³/mol. The molecule has 0 aliphatic carbocycles. The first kappa shape index (κ1) is 34.4. The zero-order valence-corrected chi connectivity index (χ0v) is 26.5. The minimum atomic E-state index is -4.68. The number of carbonyl (C=O) groups is 3. The Labute approximate surface area is 279 Å². The molecule has 0 saturated heterocycles. The number of carbonyl (C=O) groups excluding carboxylic acids is 2. The Balaban J connectivity index is 1.23. The Morgan fingerprint density at radius 3 is 2.16 bits per heavy atom. The molecule has 252 valence electrons. The second-order valence-electron chi connectivity index (χ2n) is 11.0. The highest BCUT2D eigenvalue weighted by molar-refractivity contribution is 5.97. The SMILES string of the molecule is CCc1ccc(-c2noc(-c3ccc(CN(CC(=O)O)C(=O)c4ccc(NC(=O)Cc5ccc(OC)cc5C(F)(F)F)cc4)cc3)n2)cc1. The number of nitrogens with zero attached hydrogens (tertiary/aromatic N) is 3. The maximum absolute atomic E-state index is 13.5. The van der Waals surface area contributed by atoms with E-state index in [1.54, 1.807) is 24.3 Å². The molecule has 0 unspecified atom stereocenters. The molecular weight excluding hydrogens is 641 g/mol. The van der Waals surface area contributed by atoms with Crippen LogP contribution in [0.25, 0.3) is 22.8 Å². The molecule has 0 aliphatic heterocycles. The van der Waals surface area contributed by atoms with Crippen LogP contribution in [0.1, 0.15) is 39.5 Å². The predicted octanol–water partition coefficient (Wildman–Crippen LogP) is 6.90. The summed E-state index contributed by atoms with van der Waals surface area (Å²) in [5.41, 5.74) is 2.48. The van der Waals surface area contributed by atoms with Gasteiger partial charge in [0.15, 0.2) is 0 Å². The number of ether oxygens (including phenoxy) is 1. The van der Waals surface area contributed by atoms with Crippen LogP contribution in [0, 0.1) is 0 Å². The molecule has 4 aromatic carbocycles. The molecule has 1 heterocycles. The number of hydrogen-bond acceptors (Lipinski definition) is 7. The molecule has 1 aromatic heterocycles. The van der Waals surface area contributed by atoms with E-state index in [9.17, 15) is 32.7 Å². The van der Waals surface area contributed by atoms with Crippen LogP contribution in [0.15, 0.2) is 95.5 Å². The Kier molecular flexibility index (Phi) is 10.4. The molecule has 0 bridgehead atoms. The average molecular weight is 673 g/mol. The number of carboxylic acids is 1. The topological polar surface area (TPSA) is 135 Å². The molecule has 0 saturated carbocycles. The lowest BCUT2D eigenvalue weighted by Crippen LogP contribution is -2.35. The number of aromatic nitrogens is 2. The van der Waals surface area contributed by atoms with E-state index in [0.717, 1.165) is 23.0 Å². The summed E-state index contributed by atoms with van der Waals surface area (Å²) in [5, 5.41) is 16.1. The van der Waals surface area contributed by atoms with Crippen molar-refractivity contribution in [1.29, 1.82) is 0 Å². The number of hydrogen-bond donors (Lipinski definition) is 2. The van der Waals surface area contributed by atoms with E-state index >= 15 is 0 Å². The number of aliphatic carboxylic acids is 1. The zero-order chi connectivity index (χ0) is 35.1. The number of anilines is 1. The van der Waals surface area contributed by atoms with Gasteiger partial charge in [-0.2, -0.15) is 18.2 Å². The maximum Gasteiger partial charge on any atom is 0.416 e. The summed E-state index contributed by atoms with van der Waals surface area (Å²) in [6.07, 6.45) is -4.32. The number of amides is 2.